The van der Waals surface area contributed by atoms with Crippen LogP contribution in [0.25, 0.3) is 10.9 Å². The van der Waals surface area contributed by atoms with Crippen LogP contribution in [0, 0.1) is 6.92 Å². The van der Waals surface area contributed by atoms with Crippen LogP contribution in [0.15, 0.2) is 24.4 Å². The summed E-state index contributed by atoms with van der Waals surface area (Å²) in [7, 11) is 0. The molecular formula is C11H15N3. The normalized spacial score (nSPS) is 13.4. The molecule has 3 heteroatoms. The fourth-order valence-corrected chi connectivity index (χ4v) is 1.62. The van der Waals surface area contributed by atoms with Crippen molar-refractivity contribution in [2.24, 2.45) is 5.73 Å². The van der Waals surface area contributed by atoms with Crippen LogP contribution in [0.2, 0.25) is 0 Å². The molecule has 0 aliphatic rings. The summed E-state index contributed by atoms with van der Waals surface area (Å²) in [6.45, 7) is 4.84. The van der Waals surface area contributed by atoms with E-state index in [0.717, 1.165) is 12.1 Å². The van der Waals surface area contributed by atoms with E-state index in [9.17, 15) is 0 Å². The molecule has 1 heterocycles. The minimum atomic E-state index is 0.138. The number of fused-ring (bicyclic) bond motifs is 1. The fourth-order valence-electron chi connectivity index (χ4n) is 1.62. The van der Waals surface area contributed by atoms with Gasteiger partial charge in [0, 0.05) is 11.4 Å². The van der Waals surface area contributed by atoms with E-state index in [1.165, 1.54) is 10.9 Å². The number of aryl methyl sites for hydroxylation is 1. The highest BCUT2D eigenvalue weighted by atomic mass is 15.3. The summed E-state index contributed by atoms with van der Waals surface area (Å²) >= 11 is 0. The zero-order chi connectivity index (χ0) is 10.1. The molecular weight excluding hydrogens is 174 g/mol. The van der Waals surface area contributed by atoms with E-state index >= 15 is 0 Å². The first-order valence-electron chi connectivity index (χ1n) is 4.84. The van der Waals surface area contributed by atoms with Gasteiger partial charge < -0.3 is 5.73 Å². The van der Waals surface area contributed by atoms with Gasteiger partial charge in [0.25, 0.3) is 0 Å². The Morgan fingerprint density at radius 3 is 3.00 bits per heavy atom. The highest BCUT2D eigenvalue weighted by Gasteiger charge is 2.03. The molecule has 1 aromatic carbocycles. The lowest BCUT2D eigenvalue weighted by molar-refractivity contribution is 0.553. The number of rotatable bonds is 2. The van der Waals surface area contributed by atoms with Gasteiger partial charge in [-0.05, 0) is 26.0 Å². The van der Waals surface area contributed by atoms with Gasteiger partial charge in [-0.25, -0.2) is 0 Å². The Labute approximate surface area is 83.5 Å². The van der Waals surface area contributed by atoms with Crippen molar-refractivity contribution in [3.8, 4) is 0 Å². The minimum absolute atomic E-state index is 0.138. The molecule has 2 aromatic rings. The molecule has 2 rings (SSSR count). The first kappa shape index (κ1) is 9.21. The van der Waals surface area contributed by atoms with Crippen LogP contribution in [0.5, 0.6) is 0 Å². The number of hydrogen-bond acceptors (Lipinski definition) is 2. The smallest absolute Gasteiger partial charge is 0.0683 e. The van der Waals surface area contributed by atoms with Gasteiger partial charge in [-0.1, -0.05) is 11.6 Å². The number of nitrogens with two attached hydrogens (primary N) is 1. The lowest BCUT2D eigenvalue weighted by Crippen LogP contribution is -2.22. The Hall–Kier alpha value is -1.35. The maximum Gasteiger partial charge on any atom is 0.0683 e. The maximum absolute atomic E-state index is 5.74. The van der Waals surface area contributed by atoms with Gasteiger partial charge >= 0.3 is 0 Å². The number of hydrogen-bond donors (Lipinski definition) is 1. The Bertz CT molecular complexity index is 443. The van der Waals surface area contributed by atoms with Crippen molar-refractivity contribution < 1.29 is 0 Å². The van der Waals surface area contributed by atoms with Crippen molar-refractivity contribution in [3.05, 3.63) is 30.0 Å². The van der Waals surface area contributed by atoms with E-state index < -0.39 is 0 Å². The molecule has 0 saturated heterocycles. The maximum atomic E-state index is 5.74. The summed E-state index contributed by atoms with van der Waals surface area (Å²) in [5, 5.41) is 5.50. The van der Waals surface area contributed by atoms with E-state index in [2.05, 4.69) is 30.2 Å². The third-order valence-corrected chi connectivity index (χ3v) is 2.26. The molecule has 3 nitrogen and oxygen atoms in total. The van der Waals surface area contributed by atoms with Crippen LogP contribution in [-0.2, 0) is 6.54 Å². The summed E-state index contributed by atoms with van der Waals surface area (Å²) in [4.78, 5) is 0. The first-order valence-corrected chi connectivity index (χ1v) is 4.84. The van der Waals surface area contributed by atoms with Gasteiger partial charge in [0.1, 0.15) is 0 Å². The van der Waals surface area contributed by atoms with Crippen molar-refractivity contribution in [2.75, 3.05) is 0 Å². The summed E-state index contributed by atoms with van der Waals surface area (Å²) in [6.07, 6.45) is 1.89. The summed E-state index contributed by atoms with van der Waals surface area (Å²) in [6, 6.07) is 6.47. The predicted octanol–water partition coefficient (Wildman–Crippen LogP) is 1.69. The molecule has 0 spiro atoms. The van der Waals surface area contributed by atoms with E-state index in [1.807, 2.05) is 17.8 Å². The molecule has 14 heavy (non-hydrogen) atoms. The third-order valence-electron chi connectivity index (χ3n) is 2.26. The van der Waals surface area contributed by atoms with E-state index in [0.29, 0.717) is 0 Å². The molecule has 0 aliphatic heterocycles. The lowest BCUT2D eigenvalue weighted by Gasteiger charge is -2.06. The Kier molecular flexibility index (Phi) is 2.25. The van der Waals surface area contributed by atoms with E-state index in [-0.39, 0.29) is 6.04 Å². The second kappa shape index (κ2) is 3.42. The average Bonchev–Trinajstić information content (AvgIpc) is 2.47. The van der Waals surface area contributed by atoms with Crippen molar-refractivity contribution in [1.29, 1.82) is 0 Å². The Balaban J connectivity index is 2.47. The molecule has 1 unspecified atom stereocenters. The van der Waals surface area contributed by atoms with Crippen LogP contribution < -0.4 is 5.73 Å². The van der Waals surface area contributed by atoms with Crippen molar-refractivity contribution in [3.63, 3.8) is 0 Å². The standard InChI is InChI=1S/C11H15N3/c1-8-3-4-11-10(5-8)6-13-14(11)7-9(2)12/h3-6,9H,7,12H2,1-2H3. The second-order valence-corrected chi connectivity index (χ2v) is 3.87. The second-order valence-electron chi connectivity index (χ2n) is 3.87. The molecule has 1 aromatic heterocycles. The summed E-state index contributed by atoms with van der Waals surface area (Å²) in [5.74, 6) is 0. The monoisotopic (exact) mass is 189 g/mol. The molecule has 0 saturated carbocycles. The molecule has 1 atom stereocenters. The molecule has 0 amide bonds. The van der Waals surface area contributed by atoms with Crippen LogP contribution >= 0.6 is 0 Å². The van der Waals surface area contributed by atoms with Gasteiger partial charge in [0.15, 0.2) is 0 Å². The molecule has 0 radical (unpaired) electrons. The highest BCUT2D eigenvalue weighted by Crippen LogP contribution is 2.15. The van der Waals surface area contributed by atoms with Crippen LogP contribution in [0.1, 0.15) is 12.5 Å². The largest absolute Gasteiger partial charge is 0.326 e. The molecule has 0 aliphatic carbocycles. The third kappa shape index (κ3) is 1.63. The van der Waals surface area contributed by atoms with Crippen LogP contribution in [-0.4, -0.2) is 15.8 Å². The van der Waals surface area contributed by atoms with Gasteiger partial charge in [0.2, 0.25) is 0 Å². The van der Waals surface area contributed by atoms with Gasteiger partial charge in [-0.3, -0.25) is 4.68 Å². The summed E-state index contributed by atoms with van der Waals surface area (Å²) < 4.78 is 1.96. The van der Waals surface area contributed by atoms with Crippen LogP contribution in [0.3, 0.4) is 0 Å². The zero-order valence-electron chi connectivity index (χ0n) is 8.57. The molecule has 2 N–H and O–H groups in total. The average molecular weight is 189 g/mol. The fraction of sp³-hybridized carbons (Fsp3) is 0.364. The molecule has 74 valence electrons. The Morgan fingerprint density at radius 1 is 1.50 bits per heavy atom. The Morgan fingerprint density at radius 2 is 2.29 bits per heavy atom. The van der Waals surface area contributed by atoms with Crippen molar-refractivity contribution >= 4 is 10.9 Å². The number of aromatic nitrogens is 2. The van der Waals surface area contributed by atoms with E-state index in [1.54, 1.807) is 0 Å². The number of nitrogens with zero attached hydrogens (tertiary/aromatic N) is 2. The van der Waals surface area contributed by atoms with E-state index in [4.69, 9.17) is 5.73 Å². The first-order chi connectivity index (χ1) is 6.66. The van der Waals surface area contributed by atoms with Gasteiger partial charge in [-0.15, -0.1) is 0 Å². The predicted molar refractivity (Wildman–Crippen MR) is 58.1 cm³/mol. The van der Waals surface area contributed by atoms with Gasteiger partial charge in [0.05, 0.1) is 18.3 Å². The lowest BCUT2D eigenvalue weighted by atomic mass is 10.2. The number of benzene rings is 1. The van der Waals surface area contributed by atoms with Crippen LogP contribution in [0.4, 0.5) is 0 Å². The van der Waals surface area contributed by atoms with Crippen molar-refractivity contribution in [2.45, 2.75) is 26.4 Å². The molecule has 0 bridgehead atoms. The van der Waals surface area contributed by atoms with Crippen molar-refractivity contribution in [1.82, 2.24) is 9.78 Å². The summed E-state index contributed by atoms with van der Waals surface area (Å²) in [5.41, 5.74) is 8.17. The minimum Gasteiger partial charge on any atom is -0.326 e. The zero-order valence-corrected chi connectivity index (χ0v) is 8.57. The SMILES string of the molecule is Cc1ccc2c(cnn2CC(C)N)c1. The van der Waals surface area contributed by atoms with Gasteiger partial charge in [-0.2, -0.15) is 5.10 Å². The topological polar surface area (TPSA) is 43.8 Å². The highest BCUT2D eigenvalue weighted by molar-refractivity contribution is 5.79. The quantitative estimate of drug-likeness (QED) is 0.781. The molecule has 0 fully saturated rings.